The number of likely N-dealkylation sites (tertiary alicyclic amines) is 1. The molecule has 4 heteroatoms. The molecule has 1 amide bonds. The van der Waals surface area contributed by atoms with Crippen LogP contribution in [0.1, 0.15) is 56.6 Å². The third-order valence-electron chi connectivity index (χ3n) is 7.35. The zero-order chi connectivity index (χ0) is 24.4. The van der Waals surface area contributed by atoms with Gasteiger partial charge in [-0.15, -0.1) is 6.42 Å². The lowest BCUT2D eigenvalue weighted by molar-refractivity contribution is 0.0767. The van der Waals surface area contributed by atoms with Gasteiger partial charge in [-0.2, -0.15) is 0 Å². The van der Waals surface area contributed by atoms with Crippen LogP contribution < -0.4 is 0 Å². The fourth-order valence-corrected chi connectivity index (χ4v) is 5.67. The number of benzene rings is 3. The number of aryl methyl sites for hydroxylation is 1. The molecule has 0 aliphatic carbocycles. The monoisotopic (exact) mass is 482 g/mol. The van der Waals surface area contributed by atoms with E-state index in [2.05, 4.69) is 60.2 Å². The Bertz CT molecular complexity index is 1250. The standard InChI is InChI=1S/C31H31ClN2O/c1-3-23-8-10-25(11-9-23)19-33-14-12-24(13-15-33)16-27-17-28-21-34(31(35)30(28)29(32)18-27)20-26-6-4-22(2)5-7-26/h1,4-11,17-18,24H,12-16,19-21H2,2H3. The summed E-state index contributed by atoms with van der Waals surface area (Å²) < 4.78 is 0. The van der Waals surface area contributed by atoms with Crippen molar-refractivity contribution in [3.8, 4) is 12.3 Å². The zero-order valence-electron chi connectivity index (χ0n) is 20.3. The Hall–Kier alpha value is -3.06. The van der Waals surface area contributed by atoms with Crippen molar-refractivity contribution in [2.45, 2.75) is 45.8 Å². The van der Waals surface area contributed by atoms with Crippen molar-refractivity contribution >= 4 is 17.5 Å². The molecule has 3 aromatic rings. The van der Waals surface area contributed by atoms with Crippen LogP contribution in [0.3, 0.4) is 0 Å². The van der Waals surface area contributed by atoms with Gasteiger partial charge in [0, 0.05) is 25.2 Å². The van der Waals surface area contributed by atoms with E-state index in [0.717, 1.165) is 42.7 Å². The van der Waals surface area contributed by atoms with Crippen LogP contribution in [0.15, 0.2) is 60.7 Å². The molecule has 5 rings (SSSR count). The topological polar surface area (TPSA) is 23.6 Å². The van der Waals surface area contributed by atoms with Gasteiger partial charge in [-0.1, -0.05) is 65.5 Å². The summed E-state index contributed by atoms with van der Waals surface area (Å²) in [6.45, 7) is 6.49. The predicted molar refractivity (Wildman–Crippen MR) is 142 cm³/mol. The van der Waals surface area contributed by atoms with E-state index in [0.29, 0.717) is 29.6 Å². The highest BCUT2D eigenvalue weighted by molar-refractivity contribution is 6.34. The molecule has 1 fully saturated rings. The van der Waals surface area contributed by atoms with Crippen LogP contribution in [0.25, 0.3) is 0 Å². The number of terminal acetylenes is 1. The number of carbonyl (C=O) groups is 1. The maximum atomic E-state index is 13.0. The van der Waals surface area contributed by atoms with Gasteiger partial charge in [0.05, 0.1) is 10.6 Å². The van der Waals surface area contributed by atoms with Gasteiger partial charge in [0.25, 0.3) is 5.91 Å². The second kappa shape index (κ2) is 10.3. The summed E-state index contributed by atoms with van der Waals surface area (Å²) in [5.41, 5.74) is 7.62. The Morgan fingerprint density at radius 3 is 2.29 bits per heavy atom. The Morgan fingerprint density at radius 1 is 0.943 bits per heavy atom. The maximum Gasteiger partial charge on any atom is 0.256 e. The summed E-state index contributed by atoms with van der Waals surface area (Å²) in [7, 11) is 0. The number of amides is 1. The van der Waals surface area contributed by atoms with Gasteiger partial charge in [0.2, 0.25) is 0 Å². The number of carbonyl (C=O) groups excluding carboxylic acids is 1. The maximum absolute atomic E-state index is 13.0. The fourth-order valence-electron chi connectivity index (χ4n) is 5.33. The number of fused-ring (bicyclic) bond motifs is 1. The average Bonchev–Trinajstić information content (AvgIpc) is 3.17. The lowest BCUT2D eigenvalue weighted by Crippen LogP contribution is -2.33. The largest absolute Gasteiger partial charge is 0.330 e. The number of rotatable bonds is 6. The van der Waals surface area contributed by atoms with Gasteiger partial charge in [0.1, 0.15) is 0 Å². The minimum atomic E-state index is 0.0423. The second-order valence-electron chi connectivity index (χ2n) is 10.0. The zero-order valence-corrected chi connectivity index (χ0v) is 21.0. The molecular formula is C31H31ClN2O. The van der Waals surface area contributed by atoms with E-state index < -0.39 is 0 Å². The van der Waals surface area contributed by atoms with Crippen molar-refractivity contribution in [1.82, 2.24) is 9.80 Å². The highest BCUT2D eigenvalue weighted by atomic mass is 35.5. The van der Waals surface area contributed by atoms with Gasteiger partial charge in [-0.05, 0) is 85.6 Å². The van der Waals surface area contributed by atoms with Crippen LogP contribution in [-0.2, 0) is 26.1 Å². The summed E-state index contributed by atoms with van der Waals surface area (Å²) >= 11 is 6.64. The molecule has 3 nitrogen and oxygen atoms in total. The number of hydrogen-bond acceptors (Lipinski definition) is 2. The highest BCUT2D eigenvalue weighted by Gasteiger charge is 2.30. The van der Waals surface area contributed by atoms with Crippen molar-refractivity contribution < 1.29 is 4.79 Å². The van der Waals surface area contributed by atoms with Crippen LogP contribution in [0.5, 0.6) is 0 Å². The normalized spacial score (nSPS) is 16.4. The van der Waals surface area contributed by atoms with Crippen molar-refractivity contribution in [1.29, 1.82) is 0 Å². The molecule has 0 atom stereocenters. The molecule has 3 aromatic carbocycles. The summed E-state index contributed by atoms with van der Waals surface area (Å²) in [5.74, 6) is 3.36. The van der Waals surface area contributed by atoms with E-state index in [-0.39, 0.29) is 5.91 Å². The van der Waals surface area contributed by atoms with Crippen LogP contribution in [0.2, 0.25) is 5.02 Å². The fraction of sp³-hybridized carbons (Fsp3) is 0.323. The van der Waals surface area contributed by atoms with Crippen LogP contribution in [0.4, 0.5) is 0 Å². The van der Waals surface area contributed by atoms with Crippen molar-refractivity contribution in [3.63, 3.8) is 0 Å². The first-order chi connectivity index (χ1) is 17.0. The van der Waals surface area contributed by atoms with E-state index in [4.69, 9.17) is 18.0 Å². The quantitative estimate of drug-likeness (QED) is 0.388. The summed E-state index contributed by atoms with van der Waals surface area (Å²) in [4.78, 5) is 17.5. The highest BCUT2D eigenvalue weighted by Crippen LogP contribution is 2.33. The first-order valence-corrected chi connectivity index (χ1v) is 12.8. The smallest absolute Gasteiger partial charge is 0.256 e. The summed E-state index contributed by atoms with van der Waals surface area (Å²) in [6.07, 6.45) is 8.83. The van der Waals surface area contributed by atoms with Gasteiger partial charge in [0.15, 0.2) is 0 Å². The van der Waals surface area contributed by atoms with Crippen molar-refractivity contribution in [2.24, 2.45) is 5.92 Å². The molecule has 0 unspecified atom stereocenters. The lowest BCUT2D eigenvalue weighted by atomic mass is 9.89. The summed E-state index contributed by atoms with van der Waals surface area (Å²) in [6, 6.07) is 20.9. The van der Waals surface area contributed by atoms with E-state index in [9.17, 15) is 4.79 Å². The molecule has 0 N–H and O–H groups in total. The molecule has 0 saturated carbocycles. The third-order valence-corrected chi connectivity index (χ3v) is 7.64. The van der Waals surface area contributed by atoms with Crippen LogP contribution >= 0.6 is 11.6 Å². The molecule has 0 spiro atoms. The van der Waals surface area contributed by atoms with E-state index in [1.54, 1.807) is 0 Å². The molecule has 2 heterocycles. The van der Waals surface area contributed by atoms with Gasteiger partial charge in [-0.3, -0.25) is 9.69 Å². The first-order valence-electron chi connectivity index (χ1n) is 12.4. The second-order valence-corrected chi connectivity index (χ2v) is 10.4. The van der Waals surface area contributed by atoms with Gasteiger partial charge < -0.3 is 4.90 Å². The Kier molecular flexibility index (Phi) is 6.95. The lowest BCUT2D eigenvalue weighted by Gasteiger charge is -2.32. The van der Waals surface area contributed by atoms with E-state index in [1.807, 2.05) is 23.1 Å². The van der Waals surface area contributed by atoms with Gasteiger partial charge >= 0.3 is 0 Å². The van der Waals surface area contributed by atoms with E-state index >= 15 is 0 Å². The molecular weight excluding hydrogens is 452 g/mol. The predicted octanol–water partition coefficient (Wildman–Crippen LogP) is 6.24. The molecule has 0 aromatic heterocycles. The number of hydrogen-bond donors (Lipinski definition) is 0. The van der Waals surface area contributed by atoms with Crippen molar-refractivity contribution in [3.05, 3.63) is 105 Å². The summed E-state index contributed by atoms with van der Waals surface area (Å²) in [5, 5.41) is 0.599. The Balaban J connectivity index is 1.18. The molecule has 2 aliphatic heterocycles. The third kappa shape index (κ3) is 5.45. The minimum absolute atomic E-state index is 0.0423. The number of halogens is 1. The molecule has 35 heavy (non-hydrogen) atoms. The first kappa shape index (κ1) is 23.7. The molecule has 0 bridgehead atoms. The molecule has 178 valence electrons. The van der Waals surface area contributed by atoms with Crippen molar-refractivity contribution in [2.75, 3.05) is 13.1 Å². The van der Waals surface area contributed by atoms with Gasteiger partial charge in [-0.25, -0.2) is 0 Å². The minimum Gasteiger partial charge on any atom is -0.330 e. The molecule has 2 aliphatic rings. The average molecular weight is 483 g/mol. The Morgan fingerprint density at radius 2 is 1.60 bits per heavy atom. The number of piperidine rings is 1. The molecule has 0 radical (unpaired) electrons. The van der Waals surface area contributed by atoms with Crippen LogP contribution in [0, 0.1) is 25.2 Å². The van der Waals surface area contributed by atoms with E-state index in [1.165, 1.54) is 29.5 Å². The SMILES string of the molecule is C#Cc1ccc(CN2CCC(Cc3cc(Cl)c4c(c3)CN(Cc3ccc(C)cc3)C4=O)CC2)cc1. The Labute approximate surface area is 213 Å². The molecule has 1 saturated heterocycles. The van der Waals surface area contributed by atoms with Crippen LogP contribution in [-0.4, -0.2) is 28.8 Å². The number of nitrogens with zero attached hydrogens (tertiary/aromatic N) is 2.